The van der Waals surface area contributed by atoms with Crippen molar-refractivity contribution in [3.05, 3.63) is 65.1 Å². The Hall–Kier alpha value is -3.74. The van der Waals surface area contributed by atoms with Gasteiger partial charge in [-0.05, 0) is 42.2 Å². The van der Waals surface area contributed by atoms with E-state index >= 15 is 4.39 Å². The van der Waals surface area contributed by atoms with Gasteiger partial charge in [0.15, 0.2) is 11.6 Å². The maximum atomic E-state index is 15.8. The molecule has 3 aromatic rings. The average Bonchev–Trinajstić information content (AvgIpc) is 3.25. The molecule has 1 aromatic heterocycles. The molecule has 170 valence electrons. The number of halogens is 1. The molecule has 0 atom stereocenters. The molecule has 2 heterocycles. The lowest BCUT2D eigenvalue weighted by molar-refractivity contribution is -0.128. The number of nitrogens with one attached hydrogen (secondary N) is 1. The van der Waals surface area contributed by atoms with Gasteiger partial charge >= 0.3 is 0 Å². The number of hydrogen-bond donors (Lipinski definition) is 1. The van der Waals surface area contributed by atoms with E-state index < -0.39 is 5.82 Å². The summed E-state index contributed by atoms with van der Waals surface area (Å²) in [5, 5.41) is 0.523. The van der Waals surface area contributed by atoms with Crippen molar-refractivity contribution in [2.45, 2.75) is 20.3 Å². The molecular weight excluding hydrogens is 421 g/mol. The first-order valence-electron chi connectivity index (χ1n) is 10.8. The van der Waals surface area contributed by atoms with Gasteiger partial charge < -0.3 is 14.8 Å². The number of fused-ring (bicyclic) bond motifs is 1. The Morgan fingerprint density at radius 3 is 2.42 bits per heavy atom. The summed E-state index contributed by atoms with van der Waals surface area (Å²) in [5.41, 5.74) is 3.35. The minimum absolute atomic E-state index is 0.0667. The Bertz CT molecular complexity index is 1320. The first-order valence-corrected chi connectivity index (χ1v) is 10.8. The summed E-state index contributed by atoms with van der Waals surface area (Å²) in [5.74, 6) is -0.937. The van der Waals surface area contributed by atoms with Gasteiger partial charge in [-0.15, -0.1) is 0 Å². The maximum absolute atomic E-state index is 15.8. The van der Waals surface area contributed by atoms with Crippen LogP contribution in [0.5, 0.6) is 0 Å². The average molecular weight is 448 g/mol. The van der Waals surface area contributed by atoms with Crippen molar-refractivity contribution < 1.29 is 18.8 Å². The molecule has 33 heavy (non-hydrogen) atoms. The number of carbonyl (C=O) groups excluding carboxylic acids is 3. The number of benzene rings is 2. The van der Waals surface area contributed by atoms with Crippen LogP contribution in [0, 0.1) is 5.82 Å². The Kier molecular flexibility index (Phi) is 5.89. The van der Waals surface area contributed by atoms with Crippen LogP contribution in [0.15, 0.2) is 42.5 Å². The van der Waals surface area contributed by atoms with E-state index in [1.807, 2.05) is 18.2 Å². The van der Waals surface area contributed by atoms with Crippen LogP contribution < -0.4 is 0 Å². The number of aromatic nitrogens is 1. The summed E-state index contributed by atoms with van der Waals surface area (Å²) in [4.78, 5) is 43.0. The third-order valence-corrected chi connectivity index (χ3v) is 6.03. The van der Waals surface area contributed by atoms with Gasteiger partial charge in [0.25, 0.3) is 5.91 Å². The Balaban J connectivity index is 2.01. The summed E-state index contributed by atoms with van der Waals surface area (Å²) in [6.07, 6.45) is 2.57. The molecule has 0 saturated carbocycles. The Morgan fingerprint density at radius 1 is 1.03 bits per heavy atom. The van der Waals surface area contributed by atoms with E-state index in [0.29, 0.717) is 52.7 Å². The smallest absolute Gasteiger partial charge is 0.269 e. The molecule has 6 nitrogen and oxygen atoms in total. The molecule has 2 aromatic carbocycles. The van der Waals surface area contributed by atoms with Crippen LogP contribution in [0.25, 0.3) is 27.6 Å². The lowest BCUT2D eigenvalue weighted by Crippen LogP contribution is -2.33. The molecule has 1 aliphatic heterocycles. The van der Waals surface area contributed by atoms with Crippen LogP contribution in [-0.2, 0) is 4.79 Å². The number of H-pyrrole nitrogens is 1. The molecule has 0 aliphatic carbocycles. The number of amides is 2. The van der Waals surface area contributed by atoms with Gasteiger partial charge in [-0.3, -0.25) is 14.4 Å². The lowest BCUT2D eigenvalue weighted by atomic mass is 9.90. The normalized spacial score (nSPS) is 13.7. The molecule has 4 rings (SSSR count). The highest BCUT2D eigenvalue weighted by Gasteiger charge is 2.25. The van der Waals surface area contributed by atoms with Crippen LogP contribution in [0.4, 0.5) is 4.39 Å². The van der Waals surface area contributed by atoms with Crippen LogP contribution in [0.2, 0.25) is 0 Å². The van der Waals surface area contributed by atoms with Gasteiger partial charge in [-0.2, -0.15) is 0 Å². The van der Waals surface area contributed by atoms with Crippen LogP contribution in [0.1, 0.15) is 46.7 Å². The molecule has 2 amide bonds. The molecule has 0 unspecified atom stereocenters. The van der Waals surface area contributed by atoms with Crippen molar-refractivity contribution in [1.29, 1.82) is 0 Å². The summed E-state index contributed by atoms with van der Waals surface area (Å²) in [6, 6.07) is 10.5. The number of ketones is 1. The predicted molar refractivity (Wildman–Crippen MR) is 127 cm³/mol. The summed E-state index contributed by atoms with van der Waals surface area (Å²) in [7, 11) is 3.26. The second-order valence-corrected chi connectivity index (χ2v) is 8.52. The van der Waals surface area contributed by atoms with Crippen molar-refractivity contribution in [3.63, 3.8) is 0 Å². The van der Waals surface area contributed by atoms with E-state index in [0.717, 1.165) is 0 Å². The van der Waals surface area contributed by atoms with E-state index in [1.165, 1.54) is 18.7 Å². The fraction of sp³-hybridized carbons (Fsp3) is 0.269. The van der Waals surface area contributed by atoms with Crippen molar-refractivity contribution in [1.82, 2.24) is 14.8 Å². The first-order chi connectivity index (χ1) is 15.7. The van der Waals surface area contributed by atoms with Gasteiger partial charge in [0.05, 0.1) is 5.52 Å². The van der Waals surface area contributed by atoms with Crippen LogP contribution in [-0.4, -0.2) is 59.6 Å². The highest BCUT2D eigenvalue weighted by Crippen LogP contribution is 2.38. The monoisotopic (exact) mass is 447 g/mol. The van der Waals surface area contributed by atoms with Crippen molar-refractivity contribution in [2.75, 3.05) is 27.2 Å². The largest absolute Gasteiger partial charge is 0.348 e. The van der Waals surface area contributed by atoms with E-state index in [1.54, 1.807) is 43.3 Å². The molecule has 0 bridgehead atoms. The SMILES string of the molecule is CC(=O)c1ccccc1-c1cc(C2=CCCN(C(C)=O)C2)c(F)c2[nH]c(C(=O)N(C)C)cc12. The standard InChI is InChI=1S/C26H26FN3O3/c1-15(31)18-9-5-6-10-19(18)21-12-20(17-8-7-11-30(14-17)16(2)32)24(27)25-22(21)13-23(28-25)26(33)29(3)4/h5-6,8-10,12-13,28H,7,11,14H2,1-4H3. The molecule has 0 fully saturated rings. The number of rotatable bonds is 4. The second-order valence-electron chi connectivity index (χ2n) is 8.52. The zero-order valence-corrected chi connectivity index (χ0v) is 19.2. The number of nitrogens with zero attached hydrogens (tertiary/aromatic N) is 2. The molecule has 7 heteroatoms. The molecule has 1 N–H and O–H groups in total. The van der Waals surface area contributed by atoms with Gasteiger partial charge in [-0.25, -0.2) is 4.39 Å². The highest BCUT2D eigenvalue weighted by molar-refractivity contribution is 6.08. The Morgan fingerprint density at radius 2 is 1.76 bits per heavy atom. The zero-order valence-electron chi connectivity index (χ0n) is 19.2. The van der Waals surface area contributed by atoms with Crippen molar-refractivity contribution >= 4 is 34.1 Å². The molecule has 0 spiro atoms. The van der Waals surface area contributed by atoms with Crippen molar-refractivity contribution in [2.24, 2.45) is 0 Å². The Labute approximate surface area is 191 Å². The first kappa shape index (κ1) is 22.5. The van der Waals surface area contributed by atoms with Crippen LogP contribution in [0.3, 0.4) is 0 Å². The number of hydrogen-bond acceptors (Lipinski definition) is 3. The van der Waals surface area contributed by atoms with Crippen LogP contribution >= 0.6 is 0 Å². The van der Waals surface area contributed by atoms with Gasteiger partial charge in [0.2, 0.25) is 5.91 Å². The predicted octanol–water partition coefficient (Wildman–Crippen LogP) is 4.51. The fourth-order valence-corrected chi connectivity index (χ4v) is 4.31. The van der Waals surface area contributed by atoms with E-state index in [2.05, 4.69) is 4.98 Å². The van der Waals surface area contributed by atoms with E-state index in [-0.39, 0.29) is 28.8 Å². The number of aromatic amines is 1. The number of carbonyl (C=O) groups is 3. The van der Waals surface area contributed by atoms with Gasteiger partial charge in [0, 0.05) is 50.6 Å². The number of Topliss-reactive ketones (excluding diaryl/α,β-unsaturated/α-hetero) is 1. The quantitative estimate of drug-likeness (QED) is 0.598. The third kappa shape index (κ3) is 4.06. The molecule has 0 saturated heterocycles. The lowest BCUT2D eigenvalue weighted by Gasteiger charge is -2.27. The second kappa shape index (κ2) is 8.65. The van der Waals surface area contributed by atoms with Gasteiger partial charge in [0.1, 0.15) is 5.69 Å². The van der Waals surface area contributed by atoms with Gasteiger partial charge in [-0.1, -0.05) is 30.3 Å². The van der Waals surface area contributed by atoms with E-state index in [9.17, 15) is 14.4 Å². The summed E-state index contributed by atoms with van der Waals surface area (Å²) in [6.45, 7) is 3.89. The third-order valence-electron chi connectivity index (χ3n) is 6.03. The maximum Gasteiger partial charge on any atom is 0.269 e. The topological polar surface area (TPSA) is 73.5 Å². The minimum atomic E-state index is -0.483. The fourth-order valence-electron chi connectivity index (χ4n) is 4.31. The summed E-state index contributed by atoms with van der Waals surface area (Å²) < 4.78 is 15.8. The summed E-state index contributed by atoms with van der Waals surface area (Å²) >= 11 is 0. The molecule has 1 aliphatic rings. The zero-order chi connectivity index (χ0) is 23.9. The minimum Gasteiger partial charge on any atom is -0.348 e. The van der Waals surface area contributed by atoms with Crippen molar-refractivity contribution in [3.8, 4) is 11.1 Å². The van der Waals surface area contributed by atoms with E-state index in [4.69, 9.17) is 0 Å². The molecule has 0 radical (unpaired) electrons. The molecular formula is C26H26FN3O3. The highest BCUT2D eigenvalue weighted by atomic mass is 19.1.